The van der Waals surface area contributed by atoms with Gasteiger partial charge in [-0.2, -0.15) is 10.2 Å². The lowest BCUT2D eigenvalue weighted by Crippen LogP contribution is -2.29. The normalized spacial score (nSPS) is 41.7. The first-order chi connectivity index (χ1) is 6.34. The molecular formula is C10H12N2O. The fourth-order valence-corrected chi connectivity index (χ4v) is 2.69. The maximum Gasteiger partial charge on any atom is 0.143 e. The molecule has 3 rings (SSSR count). The van der Waals surface area contributed by atoms with Gasteiger partial charge in [0.2, 0.25) is 0 Å². The van der Waals surface area contributed by atoms with E-state index in [-0.39, 0.29) is 5.92 Å². The van der Waals surface area contributed by atoms with Crippen LogP contribution in [0.3, 0.4) is 0 Å². The molecule has 0 amide bonds. The number of carbonyl (C=O) groups is 1. The van der Waals surface area contributed by atoms with Gasteiger partial charge in [0.25, 0.3) is 0 Å². The highest BCUT2D eigenvalue weighted by atomic mass is 16.1. The molecule has 0 aromatic carbocycles. The Kier molecular flexibility index (Phi) is 1.43. The summed E-state index contributed by atoms with van der Waals surface area (Å²) in [5.74, 6) is 1.22. The Morgan fingerprint density at radius 3 is 3.31 bits per heavy atom. The molecular weight excluding hydrogens is 164 g/mol. The van der Waals surface area contributed by atoms with Crippen molar-refractivity contribution in [2.75, 3.05) is 6.54 Å². The van der Waals surface area contributed by atoms with E-state index < -0.39 is 0 Å². The summed E-state index contributed by atoms with van der Waals surface area (Å²) in [5, 5.41) is 8.28. The summed E-state index contributed by atoms with van der Waals surface area (Å²) in [6.07, 6.45) is 4.76. The second-order valence-corrected chi connectivity index (χ2v) is 4.21. The molecule has 0 aromatic heterocycles. The molecule has 0 spiro atoms. The first kappa shape index (κ1) is 7.42. The Labute approximate surface area is 76.9 Å². The van der Waals surface area contributed by atoms with E-state index in [1.54, 1.807) is 0 Å². The lowest BCUT2D eigenvalue weighted by molar-refractivity contribution is -0.120. The van der Waals surface area contributed by atoms with Crippen LogP contribution in [0.4, 0.5) is 0 Å². The summed E-state index contributed by atoms with van der Waals surface area (Å²) in [7, 11) is 0. The van der Waals surface area contributed by atoms with Crippen molar-refractivity contribution in [2.45, 2.75) is 25.3 Å². The number of hydrogen-bond acceptors (Lipinski definition) is 3. The molecule has 3 unspecified atom stereocenters. The molecule has 1 fully saturated rings. The summed E-state index contributed by atoms with van der Waals surface area (Å²) in [6, 6.07) is 0.397. The molecule has 1 heterocycles. The van der Waals surface area contributed by atoms with Crippen molar-refractivity contribution in [3.63, 3.8) is 0 Å². The zero-order valence-electron chi connectivity index (χ0n) is 7.44. The van der Waals surface area contributed by atoms with Crippen LogP contribution in [0, 0.1) is 11.8 Å². The van der Waals surface area contributed by atoms with Gasteiger partial charge in [-0.05, 0) is 12.8 Å². The predicted octanol–water partition coefficient (Wildman–Crippen LogP) is 1.75. The van der Waals surface area contributed by atoms with Crippen LogP contribution in [0.1, 0.15) is 19.3 Å². The summed E-state index contributed by atoms with van der Waals surface area (Å²) in [4.78, 5) is 11.5. The minimum atomic E-state index is 0.241. The number of ketones is 1. The molecule has 0 aromatic rings. The third-order valence-corrected chi connectivity index (χ3v) is 3.48. The van der Waals surface area contributed by atoms with Crippen molar-refractivity contribution in [3.05, 3.63) is 11.6 Å². The number of nitrogens with zero attached hydrogens (tertiary/aromatic N) is 2. The minimum Gasteiger partial charge on any atom is -0.299 e. The van der Waals surface area contributed by atoms with Crippen molar-refractivity contribution in [1.82, 2.24) is 0 Å². The lowest BCUT2D eigenvalue weighted by atomic mass is 9.76. The van der Waals surface area contributed by atoms with Gasteiger partial charge in [-0.1, -0.05) is 11.6 Å². The van der Waals surface area contributed by atoms with E-state index in [4.69, 9.17) is 0 Å². The number of carbonyl (C=O) groups excluding carboxylic acids is 1. The van der Waals surface area contributed by atoms with Crippen molar-refractivity contribution in [3.8, 4) is 0 Å². The van der Waals surface area contributed by atoms with E-state index in [0.717, 1.165) is 19.4 Å². The van der Waals surface area contributed by atoms with Crippen molar-refractivity contribution in [2.24, 2.45) is 22.1 Å². The monoisotopic (exact) mass is 176 g/mol. The molecule has 3 atom stereocenters. The molecule has 3 aliphatic rings. The van der Waals surface area contributed by atoms with Crippen LogP contribution in [-0.4, -0.2) is 18.4 Å². The predicted molar refractivity (Wildman–Crippen MR) is 47.4 cm³/mol. The van der Waals surface area contributed by atoms with Gasteiger partial charge in [-0.3, -0.25) is 4.79 Å². The van der Waals surface area contributed by atoms with Crippen molar-refractivity contribution >= 4 is 5.78 Å². The van der Waals surface area contributed by atoms with E-state index in [1.807, 2.05) is 0 Å². The highest BCUT2D eigenvalue weighted by molar-refractivity contribution is 5.88. The lowest BCUT2D eigenvalue weighted by Gasteiger charge is -2.28. The molecule has 0 radical (unpaired) electrons. The van der Waals surface area contributed by atoms with Gasteiger partial charge in [0.15, 0.2) is 0 Å². The Morgan fingerprint density at radius 2 is 2.38 bits per heavy atom. The maximum atomic E-state index is 11.5. The van der Waals surface area contributed by atoms with Crippen LogP contribution in [0.2, 0.25) is 0 Å². The summed E-state index contributed by atoms with van der Waals surface area (Å²) >= 11 is 0. The number of rotatable bonds is 0. The highest BCUT2D eigenvalue weighted by Gasteiger charge is 2.40. The molecule has 13 heavy (non-hydrogen) atoms. The van der Waals surface area contributed by atoms with Crippen LogP contribution in [0.25, 0.3) is 0 Å². The standard InChI is InChI=1S/C10H12N2O/c13-10-2-1-6-4-9-7(3-8(6)10)5-11-12-9/h1,7-9H,2-5H2. The van der Waals surface area contributed by atoms with E-state index in [1.165, 1.54) is 5.57 Å². The van der Waals surface area contributed by atoms with Crippen LogP contribution in [-0.2, 0) is 4.79 Å². The van der Waals surface area contributed by atoms with Gasteiger partial charge < -0.3 is 0 Å². The third-order valence-electron chi connectivity index (χ3n) is 3.48. The molecule has 0 N–H and O–H groups in total. The first-order valence-corrected chi connectivity index (χ1v) is 4.93. The molecule has 3 heteroatoms. The number of hydrogen-bond donors (Lipinski definition) is 0. The first-order valence-electron chi connectivity index (χ1n) is 4.93. The van der Waals surface area contributed by atoms with Gasteiger partial charge >= 0.3 is 0 Å². The number of Topliss-reactive ketones (excluding diaryl/α,β-unsaturated/α-hetero) is 1. The smallest absolute Gasteiger partial charge is 0.143 e. The zero-order valence-corrected chi connectivity index (χ0v) is 7.44. The second-order valence-electron chi connectivity index (χ2n) is 4.21. The average Bonchev–Trinajstić information content (AvgIpc) is 2.70. The largest absolute Gasteiger partial charge is 0.299 e. The van der Waals surface area contributed by atoms with Gasteiger partial charge in [0, 0.05) is 18.3 Å². The number of azo groups is 1. The van der Waals surface area contributed by atoms with E-state index in [2.05, 4.69) is 16.3 Å². The topological polar surface area (TPSA) is 41.8 Å². The van der Waals surface area contributed by atoms with Crippen LogP contribution < -0.4 is 0 Å². The molecule has 3 nitrogen and oxygen atoms in total. The molecule has 68 valence electrons. The third kappa shape index (κ3) is 0.992. The summed E-state index contributed by atoms with van der Waals surface area (Å²) in [5.41, 5.74) is 1.34. The fraction of sp³-hybridized carbons (Fsp3) is 0.700. The van der Waals surface area contributed by atoms with Gasteiger partial charge in [0.1, 0.15) is 5.78 Å². The zero-order chi connectivity index (χ0) is 8.84. The fourth-order valence-electron chi connectivity index (χ4n) is 2.69. The van der Waals surface area contributed by atoms with Crippen LogP contribution >= 0.6 is 0 Å². The van der Waals surface area contributed by atoms with Crippen LogP contribution in [0.15, 0.2) is 21.9 Å². The Balaban J connectivity index is 1.88. The van der Waals surface area contributed by atoms with E-state index in [9.17, 15) is 4.79 Å². The van der Waals surface area contributed by atoms with Gasteiger partial charge in [0.05, 0.1) is 12.6 Å². The molecule has 1 saturated carbocycles. The maximum absolute atomic E-state index is 11.5. The Hall–Kier alpha value is -0.990. The average molecular weight is 176 g/mol. The second kappa shape index (κ2) is 2.50. The molecule has 0 bridgehead atoms. The number of allylic oxidation sites excluding steroid dienone is 1. The highest BCUT2D eigenvalue weighted by Crippen LogP contribution is 2.41. The molecule has 0 saturated heterocycles. The summed E-state index contributed by atoms with van der Waals surface area (Å²) in [6.45, 7) is 0.849. The summed E-state index contributed by atoms with van der Waals surface area (Å²) < 4.78 is 0. The van der Waals surface area contributed by atoms with Crippen LogP contribution in [0.5, 0.6) is 0 Å². The molecule has 2 aliphatic carbocycles. The van der Waals surface area contributed by atoms with E-state index in [0.29, 0.717) is 24.2 Å². The van der Waals surface area contributed by atoms with E-state index >= 15 is 0 Å². The Morgan fingerprint density at radius 1 is 1.46 bits per heavy atom. The molecule has 1 aliphatic heterocycles. The van der Waals surface area contributed by atoms with Crippen molar-refractivity contribution < 1.29 is 4.79 Å². The number of fused-ring (bicyclic) bond motifs is 2. The van der Waals surface area contributed by atoms with Crippen molar-refractivity contribution in [1.29, 1.82) is 0 Å². The van der Waals surface area contributed by atoms with Gasteiger partial charge in [-0.15, -0.1) is 0 Å². The Bertz CT molecular complexity index is 319. The SMILES string of the molecule is O=C1CC=C2CC3N=NCC3CC12. The quantitative estimate of drug-likeness (QED) is 0.518. The van der Waals surface area contributed by atoms with Gasteiger partial charge in [-0.25, -0.2) is 0 Å². The minimum absolute atomic E-state index is 0.241.